The molecule has 0 saturated carbocycles. The lowest BCUT2D eigenvalue weighted by Crippen LogP contribution is -2.00. The molecule has 0 N–H and O–H groups in total. The molecule has 0 amide bonds. The first-order valence-electron chi connectivity index (χ1n) is 22.6. The van der Waals surface area contributed by atoms with Gasteiger partial charge in [-0.25, -0.2) is 15.0 Å². The highest BCUT2D eigenvalue weighted by Crippen LogP contribution is 2.43. The zero-order valence-electron chi connectivity index (χ0n) is 36.4. The molecule has 2 heterocycles. The average Bonchev–Trinajstić information content (AvgIpc) is 3.80. The van der Waals surface area contributed by atoms with Crippen LogP contribution in [0.1, 0.15) is 0 Å². The lowest BCUT2D eigenvalue weighted by atomic mass is 9.89. The van der Waals surface area contributed by atoms with Gasteiger partial charge in [0.15, 0.2) is 17.5 Å². The van der Waals surface area contributed by atoms with Crippen molar-refractivity contribution in [1.82, 2.24) is 15.0 Å². The van der Waals surface area contributed by atoms with Crippen LogP contribution < -0.4 is 0 Å². The molecule has 0 fully saturated rings. The average molecular weight is 856 g/mol. The van der Waals surface area contributed by atoms with Crippen molar-refractivity contribution in [3.8, 4) is 101 Å². The molecule has 0 aliphatic carbocycles. The van der Waals surface area contributed by atoms with Gasteiger partial charge in [0.1, 0.15) is 11.2 Å². The molecule has 4 heteroatoms. The number of furan rings is 1. The minimum Gasteiger partial charge on any atom is -0.456 e. The molecule has 12 rings (SSSR count). The van der Waals surface area contributed by atoms with Crippen LogP contribution in [0, 0.1) is 0 Å². The molecule has 4 nitrogen and oxygen atoms in total. The summed E-state index contributed by atoms with van der Waals surface area (Å²) in [7, 11) is 0. The molecule has 314 valence electrons. The number of hydrogen-bond acceptors (Lipinski definition) is 4. The first-order valence-corrected chi connectivity index (χ1v) is 22.6. The molecule has 67 heavy (non-hydrogen) atoms. The highest BCUT2D eigenvalue weighted by Gasteiger charge is 2.19. The Morgan fingerprint density at radius 1 is 0.224 bits per heavy atom. The molecule has 0 bridgehead atoms. The third-order valence-corrected chi connectivity index (χ3v) is 12.6. The summed E-state index contributed by atoms with van der Waals surface area (Å²) >= 11 is 0. The van der Waals surface area contributed by atoms with Gasteiger partial charge in [-0.2, -0.15) is 0 Å². The van der Waals surface area contributed by atoms with Crippen LogP contribution in [0.15, 0.2) is 253 Å². The monoisotopic (exact) mass is 855 g/mol. The molecule has 0 saturated heterocycles. The molecule has 0 radical (unpaired) electrons. The molecule has 0 unspecified atom stereocenters. The van der Waals surface area contributed by atoms with Gasteiger partial charge in [0.2, 0.25) is 0 Å². The lowest BCUT2D eigenvalue weighted by molar-refractivity contribution is 0.669. The Morgan fingerprint density at radius 3 is 1.10 bits per heavy atom. The van der Waals surface area contributed by atoms with Gasteiger partial charge >= 0.3 is 0 Å². The maximum Gasteiger partial charge on any atom is 0.164 e. The fraction of sp³-hybridized carbons (Fsp3) is 0. The Labute approximate surface area is 389 Å². The Bertz CT molecular complexity index is 3680. The summed E-state index contributed by atoms with van der Waals surface area (Å²) in [6.45, 7) is 0. The minimum absolute atomic E-state index is 0.568. The van der Waals surface area contributed by atoms with Gasteiger partial charge in [-0.1, -0.05) is 224 Å². The molecule has 2 aromatic heterocycles. The topological polar surface area (TPSA) is 51.8 Å². The van der Waals surface area contributed by atoms with Gasteiger partial charge in [0.25, 0.3) is 0 Å². The molecule has 0 aliphatic heterocycles. The van der Waals surface area contributed by atoms with Crippen LogP contribution in [-0.4, -0.2) is 15.0 Å². The van der Waals surface area contributed by atoms with Crippen molar-refractivity contribution in [3.63, 3.8) is 0 Å². The smallest absolute Gasteiger partial charge is 0.164 e. The molecular weight excluding hydrogens is 815 g/mol. The normalized spacial score (nSPS) is 11.3. The SMILES string of the molecule is c1ccc(-c2ccc(-c3ccc(-c4nc(-c5ccc(-c6ccccc6)cc5)nc(-c5ccc6c(c5)oc5cccc(-c7ccc(-c8ccccc8)cc7-c7ccccc7)c56)n4)cc3)cc2)cc1. The lowest BCUT2D eigenvalue weighted by Gasteiger charge is -2.14. The first kappa shape index (κ1) is 39.6. The van der Waals surface area contributed by atoms with E-state index in [0.29, 0.717) is 17.5 Å². The molecular formula is C63H41N3O. The third kappa shape index (κ3) is 7.77. The van der Waals surface area contributed by atoms with E-state index in [1.807, 2.05) is 12.1 Å². The second kappa shape index (κ2) is 17.2. The van der Waals surface area contributed by atoms with Gasteiger partial charge in [0, 0.05) is 27.5 Å². The van der Waals surface area contributed by atoms with Crippen LogP contribution in [0.25, 0.3) is 123 Å². The fourth-order valence-corrected chi connectivity index (χ4v) is 9.14. The van der Waals surface area contributed by atoms with Crippen molar-refractivity contribution in [3.05, 3.63) is 249 Å². The van der Waals surface area contributed by atoms with Gasteiger partial charge in [-0.3, -0.25) is 0 Å². The summed E-state index contributed by atoms with van der Waals surface area (Å²) in [5, 5.41) is 2.10. The number of hydrogen-bond donors (Lipinski definition) is 0. The number of aromatic nitrogens is 3. The quantitative estimate of drug-likeness (QED) is 0.145. The summed E-state index contributed by atoms with van der Waals surface area (Å²) in [6.07, 6.45) is 0. The maximum absolute atomic E-state index is 6.72. The minimum atomic E-state index is 0.568. The summed E-state index contributed by atoms with van der Waals surface area (Å²) < 4.78 is 6.72. The summed E-state index contributed by atoms with van der Waals surface area (Å²) in [6, 6.07) is 87.1. The van der Waals surface area contributed by atoms with Crippen molar-refractivity contribution < 1.29 is 4.42 Å². The van der Waals surface area contributed by atoms with Crippen molar-refractivity contribution >= 4 is 21.9 Å². The molecule has 0 spiro atoms. The van der Waals surface area contributed by atoms with Crippen LogP contribution in [0.4, 0.5) is 0 Å². The molecule has 10 aromatic carbocycles. The van der Waals surface area contributed by atoms with Crippen molar-refractivity contribution in [2.24, 2.45) is 0 Å². The third-order valence-electron chi connectivity index (χ3n) is 12.6. The molecule has 12 aromatic rings. The first-order chi connectivity index (χ1) is 33.2. The Hall–Kier alpha value is -8.99. The number of benzene rings is 10. The second-order valence-electron chi connectivity index (χ2n) is 16.8. The van der Waals surface area contributed by atoms with E-state index in [4.69, 9.17) is 19.4 Å². The van der Waals surface area contributed by atoms with E-state index in [1.165, 1.54) is 22.3 Å². The van der Waals surface area contributed by atoms with Crippen molar-refractivity contribution in [2.45, 2.75) is 0 Å². The van der Waals surface area contributed by atoms with Gasteiger partial charge < -0.3 is 4.42 Å². The van der Waals surface area contributed by atoms with Crippen LogP contribution in [-0.2, 0) is 0 Å². The van der Waals surface area contributed by atoms with Crippen LogP contribution in [0.2, 0.25) is 0 Å². The predicted molar refractivity (Wildman–Crippen MR) is 276 cm³/mol. The number of fused-ring (bicyclic) bond motifs is 3. The highest BCUT2D eigenvalue weighted by molar-refractivity contribution is 6.14. The zero-order chi connectivity index (χ0) is 44.5. The van der Waals surface area contributed by atoms with Crippen LogP contribution in [0.3, 0.4) is 0 Å². The van der Waals surface area contributed by atoms with Gasteiger partial charge in [0.05, 0.1) is 0 Å². The summed E-state index contributed by atoms with van der Waals surface area (Å²) in [4.78, 5) is 15.4. The molecule has 0 atom stereocenters. The Balaban J connectivity index is 0.944. The van der Waals surface area contributed by atoms with Crippen LogP contribution in [0.5, 0.6) is 0 Å². The fourth-order valence-electron chi connectivity index (χ4n) is 9.14. The van der Waals surface area contributed by atoms with Gasteiger partial charge in [-0.05, 0) is 91.0 Å². The maximum atomic E-state index is 6.72. The van der Waals surface area contributed by atoms with E-state index in [2.05, 4.69) is 237 Å². The number of nitrogens with zero attached hydrogens (tertiary/aromatic N) is 3. The molecule has 0 aliphatic rings. The van der Waals surface area contributed by atoms with E-state index < -0.39 is 0 Å². The van der Waals surface area contributed by atoms with Crippen LogP contribution >= 0.6 is 0 Å². The second-order valence-corrected chi connectivity index (χ2v) is 16.8. The van der Waals surface area contributed by atoms with Crippen molar-refractivity contribution in [2.75, 3.05) is 0 Å². The predicted octanol–water partition coefficient (Wildman–Crippen LogP) is 16.8. The Morgan fingerprint density at radius 2 is 0.612 bits per heavy atom. The zero-order valence-corrected chi connectivity index (χ0v) is 36.4. The van der Waals surface area contributed by atoms with E-state index in [1.54, 1.807) is 0 Å². The van der Waals surface area contributed by atoms with E-state index in [0.717, 1.165) is 83.1 Å². The Kier molecular flexibility index (Phi) is 10.2. The largest absolute Gasteiger partial charge is 0.456 e. The van der Waals surface area contributed by atoms with E-state index in [-0.39, 0.29) is 0 Å². The van der Waals surface area contributed by atoms with E-state index in [9.17, 15) is 0 Å². The summed E-state index contributed by atoms with van der Waals surface area (Å²) in [5.74, 6) is 1.76. The summed E-state index contributed by atoms with van der Waals surface area (Å²) in [5.41, 5.74) is 18.1. The van der Waals surface area contributed by atoms with E-state index >= 15 is 0 Å². The van der Waals surface area contributed by atoms with Crippen molar-refractivity contribution in [1.29, 1.82) is 0 Å². The van der Waals surface area contributed by atoms with Gasteiger partial charge in [-0.15, -0.1) is 0 Å². The number of rotatable bonds is 9. The standard InChI is InChI=1S/C63H41N3O/c1-5-14-42(15-6-1)45-24-26-47(27-25-45)48-30-34-51(35-31-48)62-64-61(50-32-28-46(29-33-50)43-16-7-2-8-17-43)65-63(66-62)53-37-39-56-59(41-53)67-58-23-13-22-55(60(56)58)54-38-36-52(44-18-9-3-10-19-44)40-57(54)49-20-11-4-12-21-49/h1-41H. The highest BCUT2D eigenvalue weighted by atomic mass is 16.3.